The Morgan fingerprint density at radius 3 is 2.56 bits per heavy atom. The highest BCUT2D eigenvalue weighted by molar-refractivity contribution is 7.90. The van der Waals surface area contributed by atoms with E-state index in [1.54, 1.807) is 24.3 Å². The van der Waals surface area contributed by atoms with Crippen molar-refractivity contribution in [3.63, 3.8) is 0 Å². The Labute approximate surface area is 107 Å². The van der Waals surface area contributed by atoms with Crippen molar-refractivity contribution in [1.29, 1.82) is 5.41 Å². The number of hydrogen-bond acceptors (Lipinski definition) is 3. The SMILES string of the molecule is CC(C)CNS(=O)(=O)Nc1ccccc1C(=N)N. The van der Waals surface area contributed by atoms with Crippen LogP contribution < -0.4 is 15.2 Å². The molecule has 0 aliphatic rings. The lowest BCUT2D eigenvalue weighted by atomic mass is 10.2. The summed E-state index contributed by atoms with van der Waals surface area (Å²) in [6.07, 6.45) is 0. The standard InChI is InChI=1S/C11H18N4O2S/c1-8(2)7-14-18(16,17)15-10-6-4-3-5-9(10)11(12)13/h3-6,8,14-15H,7H2,1-2H3,(H3,12,13). The number of hydrogen-bond donors (Lipinski definition) is 4. The highest BCUT2D eigenvalue weighted by atomic mass is 32.2. The molecule has 0 saturated heterocycles. The largest absolute Gasteiger partial charge is 0.384 e. The summed E-state index contributed by atoms with van der Waals surface area (Å²) in [4.78, 5) is 0. The fourth-order valence-corrected chi connectivity index (χ4v) is 2.36. The van der Waals surface area contributed by atoms with E-state index in [-0.39, 0.29) is 11.8 Å². The Morgan fingerprint density at radius 2 is 2.00 bits per heavy atom. The summed E-state index contributed by atoms with van der Waals surface area (Å²) in [5.74, 6) is 0.0294. The summed E-state index contributed by atoms with van der Waals surface area (Å²) in [7, 11) is -3.64. The smallest absolute Gasteiger partial charge is 0.299 e. The van der Waals surface area contributed by atoms with E-state index in [0.717, 1.165) is 0 Å². The molecule has 100 valence electrons. The van der Waals surface area contributed by atoms with Gasteiger partial charge >= 0.3 is 0 Å². The Morgan fingerprint density at radius 1 is 1.39 bits per heavy atom. The second-order valence-corrected chi connectivity index (χ2v) is 5.81. The molecule has 0 heterocycles. The van der Waals surface area contributed by atoms with Gasteiger partial charge in [0.05, 0.1) is 5.69 Å². The van der Waals surface area contributed by atoms with Crippen LogP contribution in [0.25, 0.3) is 0 Å². The third-order valence-corrected chi connectivity index (χ3v) is 3.18. The van der Waals surface area contributed by atoms with Gasteiger partial charge in [-0.05, 0) is 18.1 Å². The highest BCUT2D eigenvalue weighted by Gasteiger charge is 2.13. The fourth-order valence-electron chi connectivity index (χ4n) is 1.26. The van der Waals surface area contributed by atoms with Crippen molar-refractivity contribution < 1.29 is 8.42 Å². The monoisotopic (exact) mass is 270 g/mol. The molecule has 0 aliphatic heterocycles. The Balaban J connectivity index is 2.87. The van der Waals surface area contributed by atoms with Crippen LogP contribution in [0.15, 0.2) is 24.3 Å². The maximum absolute atomic E-state index is 11.7. The fraction of sp³-hybridized carbons (Fsp3) is 0.364. The minimum Gasteiger partial charge on any atom is -0.384 e. The predicted octanol–water partition coefficient (Wildman–Crippen LogP) is 0.873. The van der Waals surface area contributed by atoms with Crippen LogP contribution in [0.4, 0.5) is 5.69 Å². The maximum atomic E-state index is 11.7. The number of rotatable bonds is 6. The Hall–Kier alpha value is -1.60. The molecule has 1 aromatic rings. The summed E-state index contributed by atoms with van der Waals surface area (Å²) in [6.45, 7) is 4.16. The molecule has 0 aliphatic carbocycles. The second-order valence-electron chi connectivity index (χ2n) is 4.31. The van der Waals surface area contributed by atoms with Gasteiger partial charge in [0.25, 0.3) is 10.2 Å². The quantitative estimate of drug-likeness (QED) is 0.455. The molecule has 0 radical (unpaired) electrons. The van der Waals surface area contributed by atoms with Gasteiger partial charge < -0.3 is 5.73 Å². The van der Waals surface area contributed by atoms with Gasteiger partial charge in [0.15, 0.2) is 0 Å². The van der Waals surface area contributed by atoms with E-state index in [1.807, 2.05) is 13.8 Å². The second kappa shape index (κ2) is 5.83. The zero-order valence-electron chi connectivity index (χ0n) is 10.4. The Kier molecular flexibility index (Phi) is 4.69. The van der Waals surface area contributed by atoms with Gasteiger partial charge in [-0.2, -0.15) is 13.1 Å². The molecule has 6 nitrogen and oxygen atoms in total. The van der Waals surface area contributed by atoms with Gasteiger partial charge in [-0.3, -0.25) is 10.1 Å². The van der Waals surface area contributed by atoms with Crippen LogP contribution in [0.5, 0.6) is 0 Å². The lowest BCUT2D eigenvalue weighted by Gasteiger charge is -2.13. The number of para-hydroxylation sites is 1. The van der Waals surface area contributed by atoms with Gasteiger partial charge in [-0.25, -0.2) is 0 Å². The summed E-state index contributed by atoms with van der Waals surface area (Å²) < 4.78 is 28.3. The van der Waals surface area contributed by atoms with Crippen molar-refractivity contribution in [2.24, 2.45) is 11.7 Å². The van der Waals surface area contributed by atoms with Crippen molar-refractivity contribution in [3.05, 3.63) is 29.8 Å². The topological polar surface area (TPSA) is 108 Å². The van der Waals surface area contributed by atoms with E-state index < -0.39 is 10.2 Å². The number of nitrogens with two attached hydrogens (primary N) is 1. The molecule has 0 aromatic heterocycles. The van der Waals surface area contributed by atoms with Crippen LogP contribution in [-0.2, 0) is 10.2 Å². The zero-order chi connectivity index (χ0) is 13.8. The molecule has 0 amide bonds. The molecule has 1 rings (SSSR count). The van der Waals surface area contributed by atoms with Gasteiger partial charge in [0.2, 0.25) is 0 Å². The first-order valence-corrected chi connectivity index (χ1v) is 7.01. The zero-order valence-corrected chi connectivity index (χ0v) is 11.2. The average Bonchev–Trinajstić information content (AvgIpc) is 2.26. The number of nitrogen functional groups attached to an aromatic ring is 1. The first-order chi connectivity index (χ1) is 8.32. The summed E-state index contributed by atoms with van der Waals surface area (Å²) in [6, 6.07) is 6.51. The third kappa shape index (κ3) is 4.34. The van der Waals surface area contributed by atoms with Crippen LogP contribution >= 0.6 is 0 Å². The van der Waals surface area contributed by atoms with Crippen molar-refractivity contribution >= 4 is 21.7 Å². The molecular weight excluding hydrogens is 252 g/mol. The minimum atomic E-state index is -3.64. The third-order valence-electron chi connectivity index (χ3n) is 2.14. The van der Waals surface area contributed by atoms with Crippen LogP contribution in [0.3, 0.4) is 0 Å². The van der Waals surface area contributed by atoms with E-state index in [2.05, 4.69) is 9.44 Å². The Bertz CT molecular complexity index is 526. The van der Waals surface area contributed by atoms with Gasteiger partial charge in [0, 0.05) is 12.1 Å². The maximum Gasteiger partial charge on any atom is 0.299 e. The molecule has 0 saturated carbocycles. The first-order valence-electron chi connectivity index (χ1n) is 5.52. The molecule has 0 spiro atoms. The van der Waals surface area contributed by atoms with Crippen molar-refractivity contribution in [1.82, 2.24) is 4.72 Å². The predicted molar refractivity (Wildman–Crippen MR) is 72.8 cm³/mol. The molecule has 7 heteroatoms. The van der Waals surface area contributed by atoms with Gasteiger partial charge in [-0.1, -0.05) is 26.0 Å². The molecular formula is C11H18N4O2S. The van der Waals surface area contributed by atoms with E-state index >= 15 is 0 Å². The number of benzene rings is 1. The summed E-state index contributed by atoms with van der Waals surface area (Å²) in [5.41, 5.74) is 6.03. The molecule has 1 aromatic carbocycles. The van der Waals surface area contributed by atoms with Crippen LogP contribution in [-0.4, -0.2) is 20.8 Å². The average molecular weight is 270 g/mol. The summed E-state index contributed by atoms with van der Waals surface area (Å²) in [5, 5.41) is 7.38. The van der Waals surface area contributed by atoms with Crippen LogP contribution in [0, 0.1) is 11.3 Å². The van der Waals surface area contributed by atoms with E-state index in [0.29, 0.717) is 17.8 Å². The first kappa shape index (κ1) is 14.5. The van der Waals surface area contributed by atoms with Crippen molar-refractivity contribution in [2.75, 3.05) is 11.3 Å². The molecule has 0 atom stereocenters. The van der Waals surface area contributed by atoms with Crippen molar-refractivity contribution in [3.8, 4) is 0 Å². The lowest BCUT2D eigenvalue weighted by Crippen LogP contribution is -2.33. The van der Waals surface area contributed by atoms with Gasteiger partial charge in [0.1, 0.15) is 5.84 Å². The highest BCUT2D eigenvalue weighted by Crippen LogP contribution is 2.15. The van der Waals surface area contributed by atoms with E-state index in [1.165, 1.54) is 0 Å². The van der Waals surface area contributed by atoms with Crippen LogP contribution in [0.1, 0.15) is 19.4 Å². The summed E-state index contributed by atoms with van der Waals surface area (Å²) >= 11 is 0. The molecule has 0 fully saturated rings. The minimum absolute atomic E-state index is 0.183. The normalized spacial score (nSPS) is 11.5. The van der Waals surface area contributed by atoms with Crippen LogP contribution in [0.2, 0.25) is 0 Å². The molecule has 0 unspecified atom stereocenters. The number of amidine groups is 1. The lowest BCUT2D eigenvalue weighted by molar-refractivity contribution is 0.565. The van der Waals surface area contributed by atoms with E-state index in [9.17, 15) is 8.42 Å². The molecule has 18 heavy (non-hydrogen) atoms. The van der Waals surface area contributed by atoms with Gasteiger partial charge in [-0.15, -0.1) is 0 Å². The molecule has 5 N–H and O–H groups in total. The number of anilines is 1. The number of nitrogens with one attached hydrogen (secondary N) is 3. The molecule has 0 bridgehead atoms. The van der Waals surface area contributed by atoms with Crippen molar-refractivity contribution in [2.45, 2.75) is 13.8 Å². The van der Waals surface area contributed by atoms with E-state index in [4.69, 9.17) is 11.1 Å².